The van der Waals surface area contributed by atoms with Gasteiger partial charge in [0.25, 0.3) is 0 Å². The van der Waals surface area contributed by atoms with Crippen molar-refractivity contribution in [3.05, 3.63) is 54.3 Å². The highest BCUT2D eigenvalue weighted by Gasteiger charge is 2.19. The molecule has 1 aromatic heterocycles. The summed E-state index contributed by atoms with van der Waals surface area (Å²) in [6.07, 6.45) is 0. The number of aromatic nitrogens is 3. The van der Waals surface area contributed by atoms with E-state index in [1.807, 2.05) is 35.9 Å². The summed E-state index contributed by atoms with van der Waals surface area (Å²) in [5.74, 6) is 0.925. The Morgan fingerprint density at radius 3 is 2.44 bits per heavy atom. The van der Waals surface area contributed by atoms with Crippen LogP contribution in [-0.4, -0.2) is 33.0 Å². The van der Waals surface area contributed by atoms with Crippen LogP contribution in [0.2, 0.25) is 0 Å². The predicted molar refractivity (Wildman–Crippen MR) is 103 cm³/mol. The number of nitrogens with one attached hydrogen (secondary N) is 1. The Morgan fingerprint density at radius 2 is 1.81 bits per heavy atom. The summed E-state index contributed by atoms with van der Waals surface area (Å²) in [5.41, 5.74) is 1.45. The van der Waals surface area contributed by atoms with Crippen molar-refractivity contribution in [3.8, 4) is 17.1 Å². The largest absolute Gasteiger partial charge is 0.497 e. The van der Waals surface area contributed by atoms with E-state index in [2.05, 4.69) is 15.5 Å². The van der Waals surface area contributed by atoms with Crippen LogP contribution in [-0.2, 0) is 11.8 Å². The van der Waals surface area contributed by atoms with E-state index in [-0.39, 0.29) is 11.7 Å². The van der Waals surface area contributed by atoms with E-state index in [4.69, 9.17) is 4.74 Å². The number of amides is 1. The van der Waals surface area contributed by atoms with Crippen molar-refractivity contribution in [3.63, 3.8) is 0 Å². The number of nitrogens with zero attached hydrogens (tertiary/aromatic N) is 3. The predicted octanol–water partition coefficient (Wildman–Crippen LogP) is 3.75. The Balaban J connectivity index is 1.68. The van der Waals surface area contributed by atoms with Crippen LogP contribution >= 0.6 is 11.8 Å². The van der Waals surface area contributed by atoms with Gasteiger partial charge in [0, 0.05) is 18.3 Å². The molecule has 1 amide bonds. The van der Waals surface area contributed by atoms with Gasteiger partial charge in [-0.2, -0.15) is 0 Å². The average Bonchev–Trinajstić information content (AvgIpc) is 3.04. The summed E-state index contributed by atoms with van der Waals surface area (Å²) in [7, 11) is 3.47. The van der Waals surface area contributed by atoms with Crippen molar-refractivity contribution >= 4 is 23.4 Å². The molecular weight excluding hydrogens is 367 g/mol. The van der Waals surface area contributed by atoms with E-state index in [0.29, 0.717) is 16.7 Å². The number of hydrogen-bond acceptors (Lipinski definition) is 5. The molecule has 0 unspecified atom stereocenters. The first kappa shape index (κ1) is 18.9. The maximum Gasteiger partial charge on any atom is 0.237 e. The van der Waals surface area contributed by atoms with Gasteiger partial charge in [0.1, 0.15) is 11.6 Å². The maximum atomic E-state index is 13.0. The fourth-order valence-corrected chi connectivity index (χ4v) is 3.21. The Bertz CT molecular complexity index is 926. The number of ether oxygens (including phenoxy) is 1. The zero-order chi connectivity index (χ0) is 19.4. The fraction of sp³-hybridized carbons (Fsp3) is 0.211. The van der Waals surface area contributed by atoms with Crippen molar-refractivity contribution in [1.29, 1.82) is 0 Å². The maximum absolute atomic E-state index is 13.0. The molecule has 27 heavy (non-hydrogen) atoms. The van der Waals surface area contributed by atoms with Gasteiger partial charge in [0.2, 0.25) is 5.91 Å². The first-order chi connectivity index (χ1) is 13.0. The highest BCUT2D eigenvalue weighted by Crippen LogP contribution is 2.27. The third-order valence-corrected chi connectivity index (χ3v) is 5.08. The van der Waals surface area contributed by atoms with E-state index in [1.54, 1.807) is 14.0 Å². The minimum absolute atomic E-state index is 0.194. The highest BCUT2D eigenvalue weighted by atomic mass is 32.2. The normalized spacial score (nSPS) is 11.9. The monoisotopic (exact) mass is 386 g/mol. The van der Waals surface area contributed by atoms with Crippen LogP contribution in [0.3, 0.4) is 0 Å². The number of thioether (sulfide) groups is 1. The lowest BCUT2D eigenvalue weighted by molar-refractivity contribution is -0.115. The molecule has 3 rings (SSSR count). The molecule has 0 spiro atoms. The molecule has 140 valence electrons. The zero-order valence-electron chi connectivity index (χ0n) is 15.1. The smallest absolute Gasteiger partial charge is 0.237 e. The van der Waals surface area contributed by atoms with Crippen LogP contribution in [0.15, 0.2) is 53.7 Å². The summed E-state index contributed by atoms with van der Waals surface area (Å²) in [6.45, 7) is 1.78. The molecule has 0 bridgehead atoms. The summed E-state index contributed by atoms with van der Waals surface area (Å²) in [5, 5.41) is 11.4. The molecular formula is C19H19FN4O2S. The van der Waals surface area contributed by atoms with Crippen LogP contribution in [0.1, 0.15) is 6.92 Å². The Labute approximate surface area is 160 Å². The van der Waals surface area contributed by atoms with Crippen LogP contribution < -0.4 is 10.1 Å². The second-order valence-electron chi connectivity index (χ2n) is 5.85. The molecule has 3 aromatic rings. The van der Waals surface area contributed by atoms with Crippen molar-refractivity contribution in [2.75, 3.05) is 12.4 Å². The minimum atomic E-state index is -0.401. The lowest BCUT2D eigenvalue weighted by Gasteiger charge is -2.11. The molecule has 1 heterocycles. The van der Waals surface area contributed by atoms with Gasteiger partial charge in [-0.15, -0.1) is 10.2 Å². The fourth-order valence-electron chi connectivity index (χ4n) is 2.40. The molecule has 6 nitrogen and oxygen atoms in total. The van der Waals surface area contributed by atoms with E-state index in [0.717, 1.165) is 11.3 Å². The summed E-state index contributed by atoms with van der Waals surface area (Å²) in [6, 6.07) is 13.2. The standard InChI is InChI=1S/C19H19FN4O2S/c1-12(18(25)21-15-8-6-14(20)7-9-15)27-19-23-22-17(24(19)2)13-4-10-16(26-3)11-5-13/h4-12H,1-3H3,(H,21,25)/t12-/m1/s1. The first-order valence-corrected chi connectivity index (χ1v) is 9.13. The van der Waals surface area contributed by atoms with Gasteiger partial charge in [-0.05, 0) is 55.5 Å². The van der Waals surface area contributed by atoms with Crippen molar-refractivity contribution in [2.45, 2.75) is 17.3 Å². The number of methoxy groups -OCH3 is 1. The van der Waals surface area contributed by atoms with Gasteiger partial charge in [0.15, 0.2) is 11.0 Å². The van der Waals surface area contributed by atoms with Crippen LogP contribution in [0.4, 0.5) is 10.1 Å². The number of hydrogen-bond donors (Lipinski definition) is 1. The molecule has 1 atom stereocenters. The van der Waals surface area contributed by atoms with Gasteiger partial charge in [-0.3, -0.25) is 4.79 Å². The molecule has 0 aliphatic rings. The number of carbonyl (C=O) groups excluding carboxylic acids is 1. The molecule has 0 saturated carbocycles. The van der Waals surface area contributed by atoms with Crippen molar-refractivity contribution in [1.82, 2.24) is 14.8 Å². The average molecular weight is 386 g/mol. The summed E-state index contributed by atoms with van der Waals surface area (Å²) < 4.78 is 20.0. The number of halogens is 1. The van der Waals surface area contributed by atoms with E-state index < -0.39 is 5.25 Å². The van der Waals surface area contributed by atoms with Gasteiger partial charge < -0.3 is 14.6 Å². The number of carbonyl (C=O) groups is 1. The minimum Gasteiger partial charge on any atom is -0.497 e. The Morgan fingerprint density at radius 1 is 1.15 bits per heavy atom. The molecule has 0 aliphatic carbocycles. The third-order valence-electron chi connectivity index (χ3n) is 3.95. The van der Waals surface area contributed by atoms with E-state index in [9.17, 15) is 9.18 Å². The van der Waals surface area contributed by atoms with Crippen LogP contribution in [0.25, 0.3) is 11.4 Å². The molecule has 2 aromatic carbocycles. The van der Waals surface area contributed by atoms with Crippen LogP contribution in [0, 0.1) is 5.82 Å². The molecule has 1 N–H and O–H groups in total. The van der Waals surface area contributed by atoms with Crippen molar-refractivity contribution < 1.29 is 13.9 Å². The molecule has 8 heteroatoms. The number of anilines is 1. The number of benzene rings is 2. The Kier molecular flexibility index (Phi) is 5.75. The van der Waals surface area contributed by atoms with E-state index in [1.165, 1.54) is 36.0 Å². The van der Waals surface area contributed by atoms with Gasteiger partial charge in [-0.1, -0.05) is 11.8 Å². The molecule has 0 aliphatic heterocycles. The molecule has 0 radical (unpaired) electrons. The molecule has 0 fully saturated rings. The lowest BCUT2D eigenvalue weighted by Crippen LogP contribution is -2.22. The number of rotatable bonds is 6. The second-order valence-corrected chi connectivity index (χ2v) is 7.16. The van der Waals surface area contributed by atoms with E-state index >= 15 is 0 Å². The lowest BCUT2D eigenvalue weighted by atomic mass is 10.2. The molecule has 0 saturated heterocycles. The Hall–Kier alpha value is -2.87. The van der Waals surface area contributed by atoms with Gasteiger partial charge >= 0.3 is 0 Å². The van der Waals surface area contributed by atoms with Crippen molar-refractivity contribution in [2.24, 2.45) is 7.05 Å². The van der Waals surface area contributed by atoms with Gasteiger partial charge in [-0.25, -0.2) is 4.39 Å². The third kappa shape index (κ3) is 4.46. The summed E-state index contributed by atoms with van der Waals surface area (Å²) in [4.78, 5) is 12.4. The van der Waals surface area contributed by atoms with Gasteiger partial charge in [0.05, 0.1) is 12.4 Å². The summed E-state index contributed by atoms with van der Waals surface area (Å²) >= 11 is 1.30. The highest BCUT2D eigenvalue weighted by molar-refractivity contribution is 8.00. The topological polar surface area (TPSA) is 69.0 Å². The quantitative estimate of drug-likeness (QED) is 0.654. The zero-order valence-corrected chi connectivity index (χ0v) is 16.0. The second kappa shape index (κ2) is 8.22. The first-order valence-electron chi connectivity index (χ1n) is 8.25. The SMILES string of the molecule is COc1ccc(-c2nnc(S[C@H](C)C(=O)Nc3ccc(F)cc3)n2C)cc1. The van der Waals surface area contributed by atoms with Crippen LogP contribution in [0.5, 0.6) is 5.75 Å².